The summed E-state index contributed by atoms with van der Waals surface area (Å²) in [5.41, 5.74) is 1.23. The molecule has 0 aromatic carbocycles. The maximum absolute atomic E-state index is 9.19. The molecule has 0 spiro atoms. The van der Waals surface area contributed by atoms with Gasteiger partial charge in [-0.15, -0.1) is 0 Å². The number of allylic oxidation sites excluding steroid dienone is 3. The smallest absolute Gasteiger partial charge is 0.261 e. The topological polar surface area (TPSA) is 57.6 Å². The van der Waals surface area contributed by atoms with Crippen molar-refractivity contribution in [1.82, 2.24) is 4.90 Å². The van der Waals surface area contributed by atoms with Crippen LogP contribution in [0.4, 0.5) is 0 Å². The van der Waals surface area contributed by atoms with Gasteiger partial charge in [0.15, 0.2) is 0 Å². The van der Waals surface area contributed by atoms with Gasteiger partial charge in [0.2, 0.25) is 0 Å². The number of likely N-dealkylation sites (N-methyl/N-ethyl adjacent to an activating group) is 1. The molecule has 0 aromatic heterocycles. The lowest BCUT2D eigenvalue weighted by molar-refractivity contribution is 0.434. The number of nitrogens with zero attached hydrogens (tertiary/aromatic N) is 1. The molecule has 0 radical (unpaired) electrons. The molecule has 1 rings (SSSR count). The quantitative estimate of drug-likeness (QED) is 0.731. The van der Waals surface area contributed by atoms with Crippen molar-refractivity contribution in [2.24, 2.45) is 0 Å². The lowest BCUT2D eigenvalue weighted by Gasteiger charge is -2.19. The van der Waals surface area contributed by atoms with Crippen LogP contribution in [0.25, 0.3) is 0 Å². The Morgan fingerprint density at radius 3 is 2.47 bits per heavy atom. The molecule has 0 saturated heterocycles. The number of rotatable bonds is 2. The van der Waals surface area contributed by atoms with Crippen LogP contribution in [0.15, 0.2) is 36.6 Å². The van der Waals surface area contributed by atoms with Gasteiger partial charge in [0.05, 0.1) is 6.26 Å². The number of hydrogen-bond donors (Lipinski definition) is 1. The van der Waals surface area contributed by atoms with Gasteiger partial charge >= 0.3 is 0 Å². The minimum atomic E-state index is -3.67. The highest BCUT2D eigenvalue weighted by atomic mass is 32.2. The second-order valence-corrected chi connectivity index (χ2v) is 4.51. The highest BCUT2D eigenvalue weighted by Gasteiger charge is 1.97. The highest BCUT2D eigenvalue weighted by Crippen LogP contribution is 2.06. The number of hydrogen-bond acceptors (Lipinski definition) is 3. The molecule has 0 amide bonds. The van der Waals surface area contributed by atoms with E-state index in [1.807, 2.05) is 6.08 Å². The van der Waals surface area contributed by atoms with E-state index >= 15 is 0 Å². The van der Waals surface area contributed by atoms with Crippen molar-refractivity contribution in [2.45, 2.75) is 6.92 Å². The van der Waals surface area contributed by atoms with Gasteiger partial charge in [-0.3, -0.25) is 4.55 Å². The first kappa shape index (κ1) is 13.9. The second-order valence-electron chi connectivity index (χ2n) is 3.04. The van der Waals surface area contributed by atoms with Gasteiger partial charge in [-0.2, -0.15) is 8.42 Å². The Kier molecular flexibility index (Phi) is 5.96. The molecule has 5 heteroatoms. The summed E-state index contributed by atoms with van der Waals surface area (Å²) in [5.74, 6) is 0. The summed E-state index contributed by atoms with van der Waals surface area (Å²) in [6, 6.07) is 0. The van der Waals surface area contributed by atoms with Crippen molar-refractivity contribution in [3.8, 4) is 0 Å². The van der Waals surface area contributed by atoms with E-state index in [0.717, 1.165) is 13.1 Å². The highest BCUT2D eigenvalue weighted by molar-refractivity contribution is 7.85. The van der Waals surface area contributed by atoms with Crippen molar-refractivity contribution in [2.75, 3.05) is 19.3 Å². The second kappa shape index (κ2) is 6.42. The third-order valence-corrected chi connectivity index (χ3v) is 1.68. The molecule has 0 aliphatic carbocycles. The molecule has 15 heavy (non-hydrogen) atoms. The first-order chi connectivity index (χ1) is 6.86. The molecular weight excluding hydrogens is 214 g/mol. The summed E-state index contributed by atoms with van der Waals surface area (Å²) in [5, 5.41) is 0. The fraction of sp³-hybridized carbons (Fsp3) is 0.400. The molecule has 1 N–H and O–H groups in total. The van der Waals surface area contributed by atoms with E-state index in [0.29, 0.717) is 6.26 Å². The summed E-state index contributed by atoms with van der Waals surface area (Å²) in [7, 11) is -3.67. The fourth-order valence-electron chi connectivity index (χ4n) is 0.929. The van der Waals surface area contributed by atoms with Crippen LogP contribution in [0.2, 0.25) is 0 Å². The third kappa shape index (κ3) is 9.24. The lowest BCUT2D eigenvalue weighted by atomic mass is 10.2. The Morgan fingerprint density at radius 1 is 1.67 bits per heavy atom. The Balaban J connectivity index is 0.000000336. The summed E-state index contributed by atoms with van der Waals surface area (Å²) in [6.07, 6.45) is 8.96. The van der Waals surface area contributed by atoms with E-state index in [4.69, 9.17) is 4.55 Å². The lowest BCUT2D eigenvalue weighted by Crippen LogP contribution is -2.18. The summed E-state index contributed by atoms with van der Waals surface area (Å²) in [4.78, 5) is 2.24. The van der Waals surface area contributed by atoms with Gasteiger partial charge < -0.3 is 4.90 Å². The maximum atomic E-state index is 9.19. The first-order valence-electron chi connectivity index (χ1n) is 4.54. The molecule has 1 aliphatic heterocycles. The van der Waals surface area contributed by atoms with Crippen molar-refractivity contribution < 1.29 is 13.0 Å². The van der Waals surface area contributed by atoms with Gasteiger partial charge in [0.25, 0.3) is 10.1 Å². The Morgan fingerprint density at radius 2 is 2.20 bits per heavy atom. The Labute approximate surface area is 91.3 Å². The maximum Gasteiger partial charge on any atom is 0.261 e. The zero-order valence-electron chi connectivity index (χ0n) is 9.05. The predicted octanol–water partition coefficient (Wildman–Crippen LogP) is 1.45. The zero-order valence-corrected chi connectivity index (χ0v) is 9.87. The minimum absolute atomic E-state index is 0.715. The Bertz CT molecular complexity index is 347. The molecule has 0 bridgehead atoms. The predicted molar refractivity (Wildman–Crippen MR) is 62.1 cm³/mol. The molecule has 0 aromatic rings. The summed E-state index contributed by atoms with van der Waals surface area (Å²) < 4.78 is 25.9. The zero-order chi connectivity index (χ0) is 11.9. The van der Waals surface area contributed by atoms with Gasteiger partial charge in [-0.25, -0.2) is 0 Å². The summed E-state index contributed by atoms with van der Waals surface area (Å²) >= 11 is 0. The molecule has 0 fully saturated rings. The molecule has 1 heterocycles. The van der Waals surface area contributed by atoms with Crippen molar-refractivity contribution in [3.63, 3.8) is 0 Å². The van der Waals surface area contributed by atoms with Crippen LogP contribution in [0, 0.1) is 0 Å². The molecule has 0 atom stereocenters. The first-order valence-corrected chi connectivity index (χ1v) is 6.39. The molecule has 0 saturated carbocycles. The van der Waals surface area contributed by atoms with Gasteiger partial charge in [-0.05, 0) is 24.8 Å². The van der Waals surface area contributed by atoms with E-state index in [1.165, 1.54) is 5.57 Å². The minimum Gasteiger partial charge on any atom is -0.374 e. The van der Waals surface area contributed by atoms with Crippen LogP contribution in [-0.4, -0.2) is 37.2 Å². The molecule has 86 valence electrons. The van der Waals surface area contributed by atoms with Gasteiger partial charge in [0.1, 0.15) is 0 Å². The van der Waals surface area contributed by atoms with E-state index in [2.05, 4.69) is 36.8 Å². The molecule has 4 nitrogen and oxygen atoms in total. The average Bonchev–Trinajstić information content (AvgIpc) is 2.15. The molecular formula is C10H17NO3S. The monoisotopic (exact) mass is 231 g/mol. The summed E-state index contributed by atoms with van der Waals surface area (Å²) in [6.45, 7) is 7.95. The van der Waals surface area contributed by atoms with Crippen molar-refractivity contribution >= 4 is 10.1 Å². The Hall–Kier alpha value is -1.07. The van der Waals surface area contributed by atoms with Crippen LogP contribution in [0.5, 0.6) is 0 Å². The van der Waals surface area contributed by atoms with Crippen LogP contribution < -0.4 is 0 Å². The van der Waals surface area contributed by atoms with Gasteiger partial charge in [-0.1, -0.05) is 18.7 Å². The molecule has 1 aliphatic rings. The van der Waals surface area contributed by atoms with E-state index in [-0.39, 0.29) is 0 Å². The van der Waals surface area contributed by atoms with Crippen LogP contribution in [0.1, 0.15) is 6.92 Å². The normalized spacial score (nSPS) is 15.1. The largest absolute Gasteiger partial charge is 0.374 e. The van der Waals surface area contributed by atoms with Crippen LogP contribution in [0.3, 0.4) is 0 Å². The van der Waals surface area contributed by atoms with E-state index < -0.39 is 10.1 Å². The van der Waals surface area contributed by atoms with Gasteiger partial charge in [0, 0.05) is 13.1 Å². The van der Waals surface area contributed by atoms with Crippen LogP contribution in [-0.2, 0) is 10.1 Å². The third-order valence-electron chi connectivity index (χ3n) is 1.68. The average molecular weight is 231 g/mol. The van der Waals surface area contributed by atoms with Crippen molar-refractivity contribution in [3.05, 3.63) is 36.6 Å². The van der Waals surface area contributed by atoms with Crippen molar-refractivity contribution in [1.29, 1.82) is 0 Å². The standard InChI is InChI=1S/C9H13N.CH4O3S/c1-3-9-5-7-10(4-2)8-6-9;1-5(2,3)4/h3,5-7H,1,4,8H2,2H3;1H3,(H,2,3,4). The van der Waals surface area contributed by atoms with Crippen LogP contribution >= 0.6 is 0 Å². The SMILES string of the molecule is C=CC1=CCN(CC)C=C1.CS(=O)(=O)O. The molecule has 0 unspecified atom stereocenters. The fourth-order valence-corrected chi connectivity index (χ4v) is 0.929. The van der Waals surface area contributed by atoms with E-state index in [1.54, 1.807) is 0 Å². The van der Waals surface area contributed by atoms with E-state index in [9.17, 15) is 8.42 Å².